The van der Waals surface area contributed by atoms with Crippen molar-refractivity contribution in [3.63, 3.8) is 0 Å². The van der Waals surface area contributed by atoms with E-state index in [2.05, 4.69) is 38.8 Å². The Bertz CT molecular complexity index is 669. The maximum atomic E-state index is 12.6. The van der Waals surface area contributed by atoms with Gasteiger partial charge < -0.3 is 9.16 Å². The highest BCUT2D eigenvalue weighted by Gasteiger charge is 2.43. The van der Waals surface area contributed by atoms with Crippen molar-refractivity contribution in [1.82, 2.24) is 10.0 Å². The topological polar surface area (TPSA) is 71.9 Å². The van der Waals surface area contributed by atoms with Crippen molar-refractivity contribution in [2.45, 2.75) is 97.2 Å². The minimum absolute atomic E-state index is 0.0475. The lowest BCUT2D eigenvalue weighted by Crippen LogP contribution is -2.49. The van der Waals surface area contributed by atoms with Crippen molar-refractivity contribution < 1.29 is 19.2 Å². The zero-order chi connectivity index (χ0) is 22.6. The summed E-state index contributed by atoms with van der Waals surface area (Å²) in [4.78, 5) is 16.8. The average Bonchev–Trinajstić information content (AvgIpc) is 2.55. The molecule has 0 spiro atoms. The summed E-state index contributed by atoms with van der Waals surface area (Å²) >= 11 is 5.97. The van der Waals surface area contributed by atoms with E-state index in [1.807, 2.05) is 13.0 Å². The van der Waals surface area contributed by atoms with Crippen LogP contribution in [0.5, 0.6) is 0 Å². The summed E-state index contributed by atoms with van der Waals surface area (Å²) in [6, 6.07) is 2.91. The van der Waals surface area contributed by atoms with Gasteiger partial charge in [-0.1, -0.05) is 51.8 Å². The van der Waals surface area contributed by atoms with Gasteiger partial charge in [-0.25, -0.2) is 9.78 Å². The average molecular weight is 445 g/mol. The van der Waals surface area contributed by atoms with E-state index in [0.717, 1.165) is 12.0 Å². The fourth-order valence-electron chi connectivity index (χ4n) is 2.56. The molecule has 0 aliphatic rings. The predicted molar refractivity (Wildman–Crippen MR) is 119 cm³/mol. The second-order valence-electron chi connectivity index (χ2n) is 9.89. The lowest BCUT2D eigenvalue weighted by Gasteiger charge is -2.42. The number of carbonyl (C=O) groups excluding carboxylic acids is 1. The molecule has 166 valence electrons. The Morgan fingerprint density at radius 2 is 1.83 bits per heavy atom. The van der Waals surface area contributed by atoms with Gasteiger partial charge in [0.05, 0.1) is 12.1 Å². The van der Waals surface area contributed by atoms with Gasteiger partial charge in [0.1, 0.15) is 10.8 Å². The molecule has 0 fully saturated rings. The molecule has 29 heavy (non-hydrogen) atoms. The van der Waals surface area contributed by atoms with Crippen LogP contribution in [0.15, 0.2) is 18.3 Å². The minimum Gasteiger partial charge on any atom is -0.442 e. The third kappa shape index (κ3) is 7.55. The van der Waals surface area contributed by atoms with Crippen LogP contribution < -0.4 is 0 Å². The highest BCUT2D eigenvalue weighted by atomic mass is 35.5. The SMILES string of the molecule is CCC[C@H]([C@H](O[Si](C)(C)C(C)(C)C)c1ccc(Cl)nc1)N(O)C(=O)OC(C)(C)C. The molecule has 8 heteroatoms. The minimum atomic E-state index is -2.23. The first-order chi connectivity index (χ1) is 13.1. The Labute approximate surface area is 181 Å². The fourth-order valence-corrected chi connectivity index (χ4v) is 3.95. The Morgan fingerprint density at radius 1 is 1.24 bits per heavy atom. The van der Waals surface area contributed by atoms with Gasteiger partial charge in [0.15, 0.2) is 8.32 Å². The van der Waals surface area contributed by atoms with Gasteiger partial charge in [0, 0.05) is 11.8 Å². The van der Waals surface area contributed by atoms with E-state index < -0.39 is 32.2 Å². The van der Waals surface area contributed by atoms with Crippen molar-refractivity contribution in [3.8, 4) is 0 Å². The molecule has 1 aromatic heterocycles. The number of pyridine rings is 1. The first-order valence-corrected chi connectivity index (χ1v) is 13.4. The third-order valence-corrected chi connectivity index (χ3v) is 9.81. The standard InChI is InChI=1S/C21H37ClN2O4Si/c1-10-11-16(24(26)19(25)27-20(2,3)4)18(15-12-13-17(22)23-14-15)28-29(8,9)21(5,6)7/h12-14,16,18,26H,10-11H2,1-9H3/t16-,18-/m1/s1. The van der Waals surface area contributed by atoms with Gasteiger partial charge >= 0.3 is 6.09 Å². The number of hydrogen-bond acceptors (Lipinski definition) is 5. The van der Waals surface area contributed by atoms with Crippen LogP contribution in [0.1, 0.15) is 73.0 Å². The van der Waals surface area contributed by atoms with Crippen molar-refractivity contribution in [2.75, 3.05) is 0 Å². The summed E-state index contributed by atoms with van der Waals surface area (Å²) in [5.74, 6) is 0. The van der Waals surface area contributed by atoms with Gasteiger partial charge in [-0.05, 0) is 51.4 Å². The summed E-state index contributed by atoms with van der Waals surface area (Å²) in [7, 11) is -2.23. The molecule has 1 N–H and O–H groups in total. The second kappa shape index (κ2) is 9.77. The first-order valence-electron chi connectivity index (χ1n) is 10.1. The highest BCUT2D eigenvalue weighted by molar-refractivity contribution is 6.74. The summed E-state index contributed by atoms with van der Waals surface area (Å²) in [6.45, 7) is 18.0. The maximum absolute atomic E-state index is 12.6. The van der Waals surface area contributed by atoms with Crippen molar-refractivity contribution in [3.05, 3.63) is 29.0 Å². The molecule has 0 aliphatic heterocycles. The van der Waals surface area contributed by atoms with Crippen molar-refractivity contribution in [2.24, 2.45) is 0 Å². The van der Waals surface area contributed by atoms with Gasteiger partial charge in [-0.2, -0.15) is 5.06 Å². The molecular formula is C21H37ClN2O4Si. The summed E-state index contributed by atoms with van der Waals surface area (Å²) < 4.78 is 12.1. The summed E-state index contributed by atoms with van der Waals surface area (Å²) in [5.41, 5.74) is 0.0483. The molecule has 0 unspecified atom stereocenters. The quantitative estimate of drug-likeness (QED) is 0.222. The molecule has 6 nitrogen and oxygen atoms in total. The maximum Gasteiger partial charge on any atom is 0.434 e. The molecule has 0 saturated heterocycles. The van der Waals surface area contributed by atoms with Gasteiger partial charge in [-0.15, -0.1) is 0 Å². The number of amides is 1. The molecule has 1 aromatic rings. The smallest absolute Gasteiger partial charge is 0.434 e. The molecule has 0 saturated carbocycles. The number of aromatic nitrogens is 1. The number of rotatable bonds is 7. The van der Waals surface area contributed by atoms with Gasteiger partial charge in [-0.3, -0.25) is 5.21 Å². The molecule has 1 rings (SSSR count). The third-order valence-electron chi connectivity index (χ3n) is 5.14. The van der Waals surface area contributed by atoms with E-state index >= 15 is 0 Å². The van der Waals surface area contributed by atoms with Crippen LogP contribution in [0.25, 0.3) is 0 Å². The molecule has 0 aromatic carbocycles. The summed E-state index contributed by atoms with van der Waals surface area (Å²) in [6.07, 6.45) is 1.59. The van der Waals surface area contributed by atoms with Gasteiger partial charge in [0.2, 0.25) is 0 Å². The van der Waals surface area contributed by atoms with E-state index in [9.17, 15) is 10.0 Å². The Kier molecular flexibility index (Phi) is 8.72. The van der Waals surface area contributed by atoms with E-state index in [1.165, 1.54) is 0 Å². The lowest BCUT2D eigenvalue weighted by atomic mass is 10.00. The van der Waals surface area contributed by atoms with E-state index in [4.69, 9.17) is 20.8 Å². The summed E-state index contributed by atoms with van der Waals surface area (Å²) in [5, 5.41) is 11.8. The number of ether oxygens (including phenoxy) is 1. The van der Waals surface area contributed by atoms with Crippen LogP contribution in [0.4, 0.5) is 4.79 Å². The second-order valence-corrected chi connectivity index (χ2v) is 15.0. The van der Waals surface area contributed by atoms with Crippen LogP contribution >= 0.6 is 11.6 Å². The molecule has 0 aliphatic carbocycles. The Balaban J connectivity index is 3.37. The monoisotopic (exact) mass is 444 g/mol. The van der Waals surface area contributed by atoms with E-state index in [0.29, 0.717) is 16.6 Å². The zero-order valence-electron chi connectivity index (χ0n) is 19.2. The van der Waals surface area contributed by atoms with Gasteiger partial charge in [0.25, 0.3) is 0 Å². The van der Waals surface area contributed by atoms with Crippen molar-refractivity contribution in [1.29, 1.82) is 0 Å². The molecule has 1 heterocycles. The van der Waals surface area contributed by atoms with Crippen LogP contribution in [0, 0.1) is 0 Å². The lowest BCUT2D eigenvalue weighted by molar-refractivity contribution is -0.144. The Hall–Kier alpha value is -1.15. The molecule has 2 atom stereocenters. The first kappa shape index (κ1) is 25.9. The fraction of sp³-hybridized carbons (Fsp3) is 0.714. The molecule has 1 amide bonds. The normalized spacial score (nSPS) is 15.0. The Morgan fingerprint density at radius 3 is 2.24 bits per heavy atom. The van der Waals surface area contributed by atoms with Crippen molar-refractivity contribution >= 4 is 26.0 Å². The predicted octanol–water partition coefficient (Wildman–Crippen LogP) is 6.59. The molecule has 0 radical (unpaired) electrons. The van der Waals surface area contributed by atoms with Crippen LogP contribution in [-0.4, -0.2) is 41.3 Å². The van der Waals surface area contributed by atoms with Crippen LogP contribution in [0.3, 0.4) is 0 Å². The van der Waals surface area contributed by atoms with Crippen LogP contribution in [0.2, 0.25) is 23.3 Å². The largest absolute Gasteiger partial charge is 0.442 e. The van der Waals surface area contributed by atoms with E-state index in [1.54, 1.807) is 33.0 Å². The zero-order valence-corrected chi connectivity index (χ0v) is 21.0. The van der Waals surface area contributed by atoms with Crippen LogP contribution in [-0.2, 0) is 9.16 Å². The number of carbonyl (C=O) groups is 1. The molecule has 0 bridgehead atoms. The van der Waals surface area contributed by atoms with E-state index in [-0.39, 0.29) is 5.04 Å². The number of hydrogen-bond donors (Lipinski definition) is 1. The highest BCUT2D eigenvalue weighted by Crippen LogP contribution is 2.42. The molecular weight excluding hydrogens is 408 g/mol. The number of hydroxylamine groups is 2. The number of nitrogens with zero attached hydrogens (tertiary/aromatic N) is 2. The number of halogens is 1.